The lowest BCUT2D eigenvalue weighted by Crippen LogP contribution is -2.45. The minimum Gasteiger partial charge on any atom is -0.546 e. The molecule has 0 aromatic carbocycles. The maximum absolute atomic E-state index is 10.7. The Morgan fingerprint density at radius 2 is 2.00 bits per heavy atom. The van der Waals surface area contributed by atoms with Crippen molar-refractivity contribution in [1.29, 1.82) is 0 Å². The molecule has 0 spiro atoms. The number of hydrogen-bond donors (Lipinski definition) is 0. The molecule has 0 aliphatic rings. The molecule has 18 heavy (non-hydrogen) atoms. The molecular weight excluding hydrogens is 228 g/mol. The number of imidazole rings is 1. The molecule has 1 aromatic rings. The van der Waals surface area contributed by atoms with Crippen LogP contribution in [0.25, 0.3) is 0 Å². The molecule has 0 radical (unpaired) electrons. The Hall–Kier alpha value is -1.32. The van der Waals surface area contributed by atoms with Crippen LogP contribution in [0.5, 0.6) is 0 Å². The fraction of sp³-hybridized carbons (Fsp3) is 0.714. The van der Waals surface area contributed by atoms with Crippen LogP contribution in [0.2, 0.25) is 0 Å². The minimum atomic E-state index is -1.03. The second kappa shape index (κ2) is 7.90. The molecule has 4 heteroatoms. The highest BCUT2D eigenvalue weighted by atomic mass is 16.4. The van der Waals surface area contributed by atoms with Crippen LogP contribution in [-0.2, 0) is 24.3 Å². The molecule has 0 saturated carbocycles. The number of hydrogen-bond acceptors (Lipinski definition) is 2. The number of nitrogens with zero attached hydrogens (tertiary/aromatic N) is 2. The van der Waals surface area contributed by atoms with E-state index in [4.69, 9.17) is 0 Å². The summed E-state index contributed by atoms with van der Waals surface area (Å²) in [4.78, 5) is 10.7. The first-order chi connectivity index (χ1) is 8.69. The number of carboxylic acids is 1. The standard InChI is InChI=1S/C14H24N2O2/c1-3-5-6-7-8-9-13-15(4-2)10-11-16(13)12-14(17)18/h10-11H,3-9,12H2,1-2H3. The van der Waals surface area contributed by atoms with Gasteiger partial charge in [0.1, 0.15) is 18.9 Å². The van der Waals surface area contributed by atoms with E-state index in [-0.39, 0.29) is 6.54 Å². The average molecular weight is 252 g/mol. The van der Waals surface area contributed by atoms with Crippen molar-refractivity contribution in [2.75, 3.05) is 0 Å². The van der Waals surface area contributed by atoms with Crippen LogP contribution in [0.1, 0.15) is 51.8 Å². The molecule has 0 N–H and O–H groups in total. The fourth-order valence-electron chi connectivity index (χ4n) is 2.24. The third-order valence-electron chi connectivity index (χ3n) is 3.23. The molecule has 1 rings (SSSR count). The molecule has 0 bridgehead atoms. The fourth-order valence-corrected chi connectivity index (χ4v) is 2.24. The molecule has 0 fully saturated rings. The van der Waals surface area contributed by atoms with Gasteiger partial charge in [-0.1, -0.05) is 32.6 Å². The van der Waals surface area contributed by atoms with E-state index in [1.165, 1.54) is 25.7 Å². The summed E-state index contributed by atoms with van der Waals surface area (Å²) in [5, 5.41) is 10.7. The predicted molar refractivity (Wildman–Crippen MR) is 67.8 cm³/mol. The van der Waals surface area contributed by atoms with E-state index in [1.54, 1.807) is 4.57 Å². The maximum atomic E-state index is 10.7. The van der Waals surface area contributed by atoms with Crippen LogP contribution in [0, 0.1) is 0 Å². The summed E-state index contributed by atoms with van der Waals surface area (Å²) >= 11 is 0. The van der Waals surface area contributed by atoms with Gasteiger partial charge in [-0.05, 0) is 13.3 Å². The molecule has 1 heterocycles. The van der Waals surface area contributed by atoms with Crippen LogP contribution < -0.4 is 9.67 Å². The highest BCUT2D eigenvalue weighted by molar-refractivity contribution is 5.62. The van der Waals surface area contributed by atoms with Crippen molar-refractivity contribution in [3.8, 4) is 0 Å². The van der Waals surface area contributed by atoms with Crippen LogP contribution in [0.15, 0.2) is 12.4 Å². The zero-order chi connectivity index (χ0) is 13.4. The predicted octanol–water partition coefficient (Wildman–Crippen LogP) is 1.06. The number of carbonyl (C=O) groups is 1. The molecule has 0 amide bonds. The zero-order valence-corrected chi connectivity index (χ0v) is 11.5. The smallest absolute Gasteiger partial charge is 0.256 e. The van der Waals surface area contributed by atoms with Crippen molar-refractivity contribution >= 4 is 5.97 Å². The lowest BCUT2D eigenvalue weighted by atomic mass is 10.1. The van der Waals surface area contributed by atoms with Gasteiger partial charge in [-0.2, -0.15) is 0 Å². The SMILES string of the molecule is CCCCCCCc1n(CC)cc[n+]1CC(=O)[O-]. The monoisotopic (exact) mass is 252 g/mol. The van der Waals surface area contributed by atoms with Crippen molar-refractivity contribution in [3.63, 3.8) is 0 Å². The van der Waals surface area contributed by atoms with E-state index in [0.29, 0.717) is 0 Å². The first-order valence-corrected chi connectivity index (χ1v) is 6.96. The van der Waals surface area contributed by atoms with Gasteiger partial charge in [0.15, 0.2) is 0 Å². The van der Waals surface area contributed by atoms with Crippen molar-refractivity contribution in [2.24, 2.45) is 0 Å². The largest absolute Gasteiger partial charge is 0.546 e. The Labute approximate surface area is 109 Å². The Morgan fingerprint density at radius 1 is 1.28 bits per heavy atom. The normalized spacial score (nSPS) is 10.8. The van der Waals surface area contributed by atoms with Crippen molar-refractivity contribution in [3.05, 3.63) is 18.2 Å². The van der Waals surface area contributed by atoms with Crippen molar-refractivity contribution < 1.29 is 14.5 Å². The highest BCUT2D eigenvalue weighted by Crippen LogP contribution is 2.07. The zero-order valence-electron chi connectivity index (χ0n) is 11.5. The van der Waals surface area contributed by atoms with Gasteiger partial charge in [0, 0.05) is 6.42 Å². The van der Waals surface area contributed by atoms with Crippen LogP contribution >= 0.6 is 0 Å². The second-order valence-corrected chi connectivity index (χ2v) is 4.66. The third-order valence-corrected chi connectivity index (χ3v) is 3.23. The van der Waals surface area contributed by atoms with E-state index in [0.717, 1.165) is 25.2 Å². The van der Waals surface area contributed by atoms with Crippen molar-refractivity contribution in [1.82, 2.24) is 4.57 Å². The molecule has 0 aliphatic carbocycles. The molecule has 4 nitrogen and oxygen atoms in total. The van der Waals surface area contributed by atoms with Gasteiger partial charge >= 0.3 is 0 Å². The van der Waals surface area contributed by atoms with Gasteiger partial charge in [0.05, 0.1) is 12.5 Å². The van der Waals surface area contributed by atoms with E-state index < -0.39 is 5.97 Å². The van der Waals surface area contributed by atoms with Crippen LogP contribution in [0.4, 0.5) is 0 Å². The summed E-state index contributed by atoms with van der Waals surface area (Å²) in [7, 11) is 0. The number of carbonyl (C=O) groups excluding carboxylic acids is 1. The summed E-state index contributed by atoms with van der Waals surface area (Å²) in [6.07, 6.45) is 10.9. The number of aryl methyl sites for hydroxylation is 1. The number of aliphatic carboxylic acids is 1. The summed E-state index contributed by atoms with van der Waals surface area (Å²) in [5.74, 6) is 0.0688. The first-order valence-electron chi connectivity index (χ1n) is 6.96. The van der Waals surface area contributed by atoms with E-state index in [2.05, 4.69) is 18.4 Å². The lowest BCUT2D eigenvalue weighted by Gasteiger charge is -2.05. The molecule has 0 atom stereocenters. The molecule has 102 valence electrons. The summed E-state index contributed by atoms with van der Waals surface area (Å²) < 4.78 is 3.90. The van der Waals surface area contributed by atoms with Gasteiger partial charge in [-0.25, -0.2) is 9.13 Å². The maximum Gasteiger partial charge on any atom is 0.256 e. The number of aromatic nitrogens is 2. The lowest BCUT2D eigenvalue weighted by molar-refractivity contribution is -0.697. The van der Waals surface area contributed by atoms with E-state index >= 15 is 0 Å². The van der Waals surface area contributed by atoms with Gasteiger partial charge in [-0.15, -0.1) is 0 Å². The quantitative estimate of drug-likeness (QED) is 0.487. The third kappa shape index (κ3) is 4.51. The van der Waals surface area contributed by atoms with E-state index in [1.807, 2.05) is 12.4 Å². The first kappa shape index (κ1) is 14.7. The summed E-state index contributed by atoms with van der Waals surface area (Å²) in [6.45, 7) is 5.11. The Morgan fingerprint density at radius 3 is 2.61 bits per heavy atom. The van der Waals surface area contributed by atoms with Crippen molar-refractivity contribution in [2.45, 2.75) is 65.5 Å². The average Bonchev–Trinajstić information content (AvgIpc) is 2.70. The molecule has 1 aromatic heterocycles. The van der Waals surface area contributed by atoms with E-state index in [9.17, 15) is 9.90 Å². The topological polar surface area (TPSA) is 48.9 Å². The van der Waals surface area contributed by atoms with Gasteiger partial charge < -0.3 is 9.90 Å². The van der Waals surface area contributed by atoms with Crippen LogP contribution in [0.3, 0.4) is 0 Å². The number of carboxylic acid groups (broad SMARTS) is 1. The van der Waals surface area contributed by atoms with Gasteiger partial charge in [0.2, 0.25) is 0 Å². The Balaban J connectivity index is 2.55. The summed E-state index contributed by atoms with van der Waals surface area (Å²) in [6, 6.07) is 0. The summed E-state index contributed by atoms with van der Waals surface area (Å²) in [5.41, 5.74) is 0. The second-order valence-electron chi connectivity index (χ2n) is 4.66. The Bertz CT molecular complexity index is 372. The minimum absolute atomic E-state index is 0.0444. The Kier molecular flexibility index (Phi) is 6.47. The van der Waals surface area contributed by atoms with Gasteiger partial charge in [0.25, 0.3) is 5.82 Å². The molecular formula is C14H24N2O2. The number of rotatable bonds is 9. The molecule has 0 saturated heterocycles. The number of unbranched alkanes of at least 4 members (excludes halogenated alkanes) is 4. The van der Waals surface area contributed by atoms with Gasteiger partial charge in [-0.3, -0.25) is 0 Å². The van der Waals surface area contributed by atoms with Crippen LogP contribution in [-0.4, -0.2) is 10.5 Å². The molecule has 0 unspecified atom stereocenters. The molecule has 0 aliphatic heterocycles. The highest BCUT2D eigenvalue weighted by Gasteiger charge is 2.15.